The maximum Gasteiger partial charge on any atom is 0.247 e. The van der Waals surface area contributed by atoms with Gasteiger partial charge in [-0.3, -0.25) is 4.99 Å². The molecule has 0 aliphatic heterocycles. The Labute approximate surface area is 164 Å². The first-order valence-corrected chi connectivity index (χ1v) is 10.9. The molecule has 2 rings (SSSR count). The molecule has 0 fully saturated rings. The van der Waals surface area contributed by atoms with Gasteiger partial charge in [-0.25, -0.2) is 13.6 Å². The van der Waals surface area contributed by atoms with Crippen molar-refractivity contribution in [2.75, 3.05) is 20.2 Å². The summed E-state index contributed by atoms with van der Waals surface area (Å²) in [6.07, 6.45) is 0. The van der Waals surface area contributed by atoms with Crippen LogP contribution in [0.15, 0.2) is 51.7 Å². The van der Waals surface area contributed by atoms with Crippen LogP contribution < -0.4 is 15.8 Å². The molecule has 2 aromatic rings. The van der Waals surface area contributed by atoms with E-state index in [9.17, 15) is 8.42 Å². The van der Waals surface area contributed by atoms with Gasteiger partial charge in [-0.2, -0.15) is 0 Å². The number of hydrogen-bond acceptors (Lipinski definition) is 5. The Morgan fingerprint density at radius 1 is 1.22 bits per heavy atom. The monoisotopic (exact) mass is 410 g/mol. The second-order valence-corrected chi connectivity index (χ2v) is 9.13. The number of nitrogens with zero attached hydrogens (tertiary/aromatic N) is 1. The van der Waals surface area contributed by atoms with Gasteiger partial charge in [0.05, 0.1) is 19.8 Å². The molecular formula is C18H26N4O3S2. The maximum atomic E-state index is 11.3. The van der Waals surface area contributed by atoms with E-state index in [0.717, 1.165) is 21.8 Å². The molecule has 1 unspecified atom stereocenters. The molecule has 0 aliphatic rings. The minimum atomic E-state index is -3.65. The highest BCUT2D eigenvalue weighted by atomic mass is 32.2. The maximum absolute atomic E-state index is 11.3. The summed E-state index contributed by atoms with van der Waals surface area (Å²) in [5.41, 5.74) is 1.16. The van der Waals surface area contributed by atoms with E-state index in [2.05, 4.69) is 22.5 Å². The van der Waals surface area contributed by atoms with Crippen LogP contribution in [0.5, 0.6) is 0 Å². The first-order valence-electron chi connectivity index (χ1n) is 8.56. The number of aliphatic imine (C=N–C) groups is 1. The van der Waals surface area contributed by atoms with Crippen molar-refractivity contribution in [3.05, 3.63) is 52.9 Å². The Kier molecular flexibility index (Phi) is 8.23. The average molecular weight is 411 g/mol. The molecule has 1 aromatic carbocycles. The van der Waals surface area contributed by atoms with E-state index < -0.39 is 10.0 Å². The van der Waals surface area contributed by atoms with Crippen LogP contribution in [-0.2, 0) is 27.9 Å². The van der Waals surface area contributed by atoms with Gasteiger partial charge >= 0.3 is 0 Å². The lowest BCUT2D eigenvalue weighted by Gasteiger charge is -2.16. The zero-order valence-electron chi connectivity index (χ0n) is 15.5. The topological polar surface area (TPSA) is 106 Å². The lowest BCUT2D eigenvalue weighted by molar-refractivity contribution is 0.0931. The third-order valence-electron chi connectivity index (χ3n) is 3.70. The summed E-state index contributed by atoms with van der Waals surface area (Å²) in [5.74, 6) is 0.957. The number of rotatable bonds is 9. The Bertz CT molecular complexity index is 835. The molecule has 4 N–H and O–H groups in total. The standard InChI is InChI=1S/C18H26N4O3S2/c1-14(12-25-13-15-6-4-3-5-7-15)10-21-18(20-2)22-11-16-8-9-17(26-16)27(19,23)24/h3-9,14H,10-13H2,1-2H3,(H2,19,23,24)(H2,20,21,22). The fourth-order valence-electron chi connectivity index (χ4n) is 2.28. The molecule has 1 aromatic heterocycles. The predicted molar refractivity (Wildman–Crippen MR) is 109 cm³/mol. The van der Waals surface area contributed by atoms with E-state index in [1.165, 1.54) is 6.07 Å². The quantitative estimate of drug-likeness (QED) is 0.433. The Balaban J connectivity index is 1.69. The Morgan fingerprint density at radius 2 is 1.96 bits per heavy atom. The number of hydrogen-bond donors (Lipinski definition) is 3. The van der Waals surface area contributed by atoms with Crippen LogP contribution in [0.25, 0.3) is 0 Å². The van der Waals surface area contributed by atoms with Crippen molar-refractivity contribution >= 4 is 27.3 Å². The van der Waals surface area contributed by atoms with E-state index >= 15 is 0 Å². The summed E-state index contributed by atoms with van der Waals surface area (Å²) >= 11 is 1.15. The number of benzene rings is 1. The first-order chi connectivity index (χ1) is 12.9. The van der Waals surface area contributed by atoms with Crippen molar-refractivity contribution in [1.29, 1.82) is 0 Å². The molecular weight excluding hydrogens is 384 g/mol. The summed E-state index contributed by atoms with van der Waals surface area (Å²) in [5, 5.41) is 11.5. The van der Waals surface area contributed by atoms with Gasteiger partial charge in [-0.05, 0) is 23.6 Å². The van der Waals surface area contributed by atoms with Gasteiger partial charge in [-0.15, -0.1) is 11.3 Å². The lowest BCUT2D eigenvalue weighted by atomic mass is 10.2. The molecule has 27 heavy (non-hydrogen) atoms. The Morgan fingerprint density at radius 3 is 2.59 bits per heavy atom. The van der Waals surface area contributed by atoms with E-state index in [1.807, 2.05) is 30.3 Å². The second-order valence-electron chi connectivity index (χ2n) is 6.18. The number of nitrogens with two attached hydrogens (primary N) is 1. The molecule has 0 radical (unpaired) electrons. The molecule has 0 saturated heterocycles. The van der Waals surface area contributed by atoms with Crippen molar-refractivity contribution in [1.82, 2.24) is 10.6 Å². The van der Waals surface area contributed by atoms with E-state index in [1.54, 1.807) is 13.1 Å². The van der Waals surface area contributed by atoms with Crippen LogP contribution in [0.2, 0.25) is 0 Å². The van der Waals surface area contributed by atoms with Crippen molar-refractivity contribution in [2.45, 2.75) is 24.3 Å². The van der Waals surface area contributed by atoms with Gasteiger partial charge in [0.25, 0.3) is 0 Å². The van der Waals surface area contributed by atoms with E-state index in [-0.39, 0.29) is 4.21 Å². The second kappa shape index (κ2) is 10.4. The summed E-state index contributed by atoms with van der Waals surface area (Å²) in [4.78, 5) is 5.04. The third-order valence-corrected chi connectivity index (χ3v) is 6.23. The smallest absolute Gasteiger partial charge is 0.247 e. The molecule has 1 heterocycles. The number of ether oxygens (including phenoxy) is 1. The Hall–Kier alpha value is -1.94. The number of thiophene rings is 1. The van der Waals surface area contributed by atoms with E-state index in [4.69, 9.17) is 9.88 Å². The van der Waals surface area contributed by atoms with Crippen LogP contribution in [0.3, 0.4) is 0 Å². The van der Waals surface area contributed by atoms with Gasteiger partial charge in [0, 0.05) is 18.5 Å². The van der Waals surface area contributed by atoms with Crippen molar-refractivity contribution in [3.63, 3.8) is 0 Å². The van der Waals surface area contributed by atoms with Gasteiger partial charge in [0.1, 0.15) is 4.21 Å². The number of nitrogens with one attached hydrogen (secondary N) is 2. The third kappa shape index (κ3) is 7.67. The zero-order valence-corrected chi connectivity index (χ0v) is 17.1. The van der Waals surface area contributed by atoms with Gasteiger partial charge < -0.3 is 15.4 Å². The lowest BCUT2D eigenvalue weighted by Crippen LogP contribution is -2.39. The largest absolute Gasteiger partial charge is 0.376 e. The van der Waals surface area contributed by atoms with Gasteiger partial charge in [0.2, 0.25) is 10.0 Å². The first kappa shape index (κ1) is 21.4. The van der Waals surface area contributed by atoms with Crippen molar-refractivity contribution in [2.24, 2.45) is 16.0 Å². The molecule has 0 amide bonds. The minimum absolute atomic E-state index is 0.159. The molecule has 148 valence electrons. The molecule has 0 saturated carbocycles. The van der Waals surface area contributed by atoms with Crippen LogP contribution in [0, 0.1) is 5.92 Å². The highest BCUT2D eigenvalue weighted by Gasteiger charge is 2.11. The molecule has 0 bridgehead atoms. The number of primary sulfonamides is 1. The van der Waals surface area contributed by atoms with Crippen molar-refractivity contribution in [3.8, 4) is 0 Å². The van der Waals surface area contributed by atoms with Gasteiger partial charge in [-0.1, -0.05) is 37.3 Å². The normalized spacial score (nSPS) is 13.4. The summed E-state index contributed by atoms with van der Waals surface area (Å²) < 4.78 is 28.5. The fraction of sp³-hybridized carbons (Fsp3) is 0.389. The minimum Gasteiger partial charge on any atom is -0.376 e. The molecule has 0 aliphatic carbocycles. The number of sulfonamides is 1. The van der Waals surface area contributed by atoms with Crippen LogP contribution in [0.1, 0.15) is 17.4 Å². The molecule has 0 spiro atoms. The molecule has 1 atom stereocenters. The molecule has 7 nitrogen and oxygen atoms in total. The SMILES string of the molecule is CN=C(NCc1ccc(S(N)(=O)=O)s1)NCC(C)COCc1ccccc1. The average Bonchev–Trinajstić information content (AvgIpc) is 3.12. The van der Waals surface area contributed by atoms with E-state index in [0.29, 0.717) is 38.2 Å². The summed E-state index contributed by atoms with van der Waals surface area (Å²) in [6, 6.07) is 13.3. The van der Waals surface area contributed by atoms with Crippen LogP contribution in [0.4, 0.5) is 0 Å². The van der Waals surface area contributed by atoms with Crippen LogP contribution >= 0.6 is 11.3 Å². The zero-order chi connectivity index (χ0) is 19.7. The van der Waals surface area contributed by atoms with Gasteiger partial charge in [0.15, 0.2) is 5.96 Å². The summed E-state index contributed by atoms with van der Waals surface area (Å²) in [7, 11) is -1.96. The fourth-order valence-corrected chi connectivity index (χ4v) is 4.00. The summed E-state index contributed by atoms with van der Waals surface area (Å²) in [6.45, 7) is 4.52. The number of guanidine groups is 1. The highest BCUT2D eigenvalue weighted by molar-refractivity contribution is 7.91. The van der Waals surface area contributed by atoms with Crippen LogP contribution in [-0.4, -0.2) is 34.6 Å². The highest BCUT2D eigenvalue weighted by Crippen LogP contribution is 2.19. The molecule has 9 heteroatoms. The predicted octanol–water partition coefficient (Wildman–Crippen LogP) is 1.91. The van der Waals surface area contributed by atoms with Crippen molar-refractivity contribution < 1.29 is 13.2 Å².